The fourth-order valence-electron chi connectivity index (χ4n) is 3.86. The number of amides is 1. The lowest BCUT2D eigenvalue weighted by Crippen LogP contribution is -2.45. The number of imidazole rings is 1. The second kappa shape index (κ2) is 11.0. The molecule has 0 aliphatic carbocycles. The average Bonchev–Trinajstić information content (AvgIpc) is 3.39. The number of nitrogens with zero attached hydrogens (tertiary/aromatic N) is 4. The predicted molar refractivity (Wildman–Crippen MR) is 136 cm³/mol. The van der Waals surface area contributed by atoms with Gasteiger partial charge in [-0.2, -0.15) is 4.98 Å². The van der Waals surface area contributed by atoms with Crippen LogP contribution in [-0.2, 0) is 14.3 Å². The first-order valence-electron chi connectivity index (χ1n) is 12.2. The van der Waals surface area contributed by atoms with Crippen molar-refractivity contribution in [1.29, 1.82) is 0 Å². The predicted octanol–water partition coefficient (Wildman–Crippen LogP) is 4.55. The molecule has 1 aromatic carbocycles. The summed E-state index contributed by atoms with van der Waals surface area (Å²) < 4.78 is 31.2. The second-order valence-electron chi connectivity index (χ2n) is 9.13. The summed E-state index contributed by atoms with van der Waals surface area (Å²) >= 11 is 0. The maximum absolute atomic E-state index is 13.6. The summed E-state index contributed by atoms with van der Waals surface area (Å²) in [4.78, 5) is 33.5. The fourth-order valence-corrected chi connectivity index (χ4v) is 3.86. The van der Waals surface area contributed by atoms with Crippen LogP contribution in [-0.4, -0.2) is 50.6 Å². The number of halogens is 1. The molecule has 38 heavy (non-hydrogen) atoms. The van der Waals surface area contributed by atoms with Crippen molar-refractivity contribution in [2.75, 3.05) is 25.1 Å². The number of carbonyl (C=O) groups is 1. The lowest BCUT2D eigenvalue weighted by Gasteiger charge is -2.35. The van der Waals surface area contributed by atoms with Gasteiger partial charge in [-0.1, -0.05) is 6.92 Å². The van der Waals surface area contributed by atoms with Gasteiger partial charge in [0.15, 0.2) is 5.82 Å². The van der Waals surface area contributed by atoms with Gasteiger partial charge in [-0.05, 0) is 55.8 Å². The standard InChI is InChI=1S/C27H27FN6O4/c1-3-14-36-26-30-13-10-20(32-26)22-21(17-4-6-18(28)7-5-17)33-23(34-22)24-37-15-27(2,16-38-24)25(35)31-19-8-11-29-12-9-19/h4-13,24H,3,14-16H2,1-2H3,(H,33,34)(H,29,31,35). The van der Waals surface area contributed by atoms with Crippen LogP contribution in [0.4, 0.5) is 10.1 Å². The van der Waals surface area contributed by atoms with E-state index < -0.39 is 11.7 Å². The number of benzene rings is 1. The minimum absolute atomic E-state index is 0.110. The van der Waals surface area contributed by atoms with Crippen LogP contribution < -0.4 is 10.1 Å². The SMILES string of the molecule is CCCOc1nccc(-c2[nH]c(C3OCC(C)(C(=O)Nc4ccncc4)CO3)nc2-c2ccc(F)cc2)n1. The van der Waals surface area contributed by atoms with Crippen molar-refractivity contribution in [3.05, 3.63) is 72.7 Å². The van der Waals surface area contributed by atoms with Crippen LogP contribution in [0.25, 0.3) is 22.6 Å². The molecule has 196 valence electrons. The Bertz CT molecular complexity index is 1390. The van der Waals surface area contributed by atoms with Crippen LogP contribution in [0.3, 0.4) is 0 Å². The molecule has 10 nitrogen and oxygen atoms in total. The summed E-state index contributed by atoms with van der Waals surface area (Å²) in [5.41, 5.74) is 2.06. The molecule has 1 saturated heterocycles. The van der Waals surface area contributed by atoms with E-state index in [1.54, 1.807) is 55.8 Å². The Morgan fingerprint density at radius 2 is 1.84 bits per heavy atom. The van der Waals surface area contributed by atoms with Crippen molar-refractivity contribution >= 4 is 11.6 Å². The first-order valence-corrected chi connectivity index (χ1v) is 12.2. The minimum atomic E-state index is -0.910. The van der Waals surface area contributed by atoms with E-state index in [2.05, 4.69) is 25.3 Å². The monoisotopic (exact) mass is 518 g/mol. The van der Waals surface area contributed by atoms with E-state index in [1.165, 1.54) is 12.1 Å². The molecular formula is C27H27FN6O4. The topological polar surface area (TPSA) is 124 Å². The Morgan fingerprint density at radius 1 is 1.11 bits per heavy atom. The molecule has 1 aliphatic rings. The summed E-state index contributed by atoms with van der Waals surface area (Å²) in [6, 6.07) is 11.4. The smallest absolute Gasteiger partial charge is 0.316 e. The van der Waals surface area contributed by atoms with Crippen molar-refractivity contribution in [3.63, 3.8) is 0 Å². The molecule has 4 heterocycles. The number of aromatic amines is 1. The first-order chi connectivity index (χ1) is 18.4. The van der Waals surface area contributed by atoms with Crippen LogP contribution in [0.15, 0.2) is 61.1 Å². The number of pyridine rings is 1. The molecular weight excluding hydrogens is 491 g/mol. The molecule has 11 heteroatoms. The number of anilines is 1. The van der Waals surface area contributed by atoms with Crippen LogP contribution in [0.1, 0.15) is 32.4 Å². The van der Waals surface area contributed by atoms with Gasteiger partial charge in [-0.3, -0.25) is 9.78 Å². The molecule has 1 amide bonds. The molecule has 0 atom stereocenters. The van der Waals surface area contributed by atoms with Crippen LogP contribution >= 0.6 is 0 Å². The zero-order valence-corrected chi connectivity index (χ0v) is 21.0. The molecule has 1 aliphatic heterocycles. The number of H-pyrrole nitrogens is 1. The van der Waals surface area contributed by atoms with Crippen molar-refractivity contribution in [3.8, 4) is 28.7 Å². The molecule has 4 aromatic rings. The Hall–Kier alpha value is -4.22. The Balaban J connectivity index is 1.39. The Kier molecular flexibility index (Phi) is 7.38. The van der Waals surface area contributed by atoms with E-state index in [0.29, 0.717) is 40.8 Å². The highest BCUT2D eigenvalue weighted by Gasteiger charge is 2.41. The number of hydrogen-bond acceptors (Lipinski definition) is 8. The molecule has 0 spiro atoms. The maximum Gasteiger partial charge on any atom is 0.316 e. The Labute approximate surface area is 218 Å². The van der Waals surface area contributed by atoms with E-state index in [1.807, 2.05) is 6.92 Å². The molecule has 0 bridgehead atoms. The summed E-state index contributed by atoms with van der Waals surface area (Å²) in [6.07, 6.45) is 4.78. The Morgan fingerprint density at radius 3 is 2.55 bits per heavy atom. The fraction of sp³-hybridized carbons (Fsp3) is 0.296. The number of carbonyl (C=O) groups excluding carboxylic acids is 1. The summed E-state index contributed by atoms with van der Waals surface area (Å²) in [7, 11) is 0. The van der Waals surface area contributed by atoms with Gasteiger partial charge in [-0.15, -0.1) is 0 Å². The average molecular weight is 519 g/mol. The van der Waals surface area contributed by atoms with Crippen molar-refractivity contribution in [2.45, 2.75) is 26.6 Å². The maximum atomic E-state index is 13.6. The molecule has 0 radical (unpaired) electrons. The summed E-state index contributed by atoms with van der Waals surface area (Å²) in [5.74, 6) is -0.188. The van der Waals surface area contributed by atoms with Gasteiger partial charge in [0.25, 0.3) is 0 Å². The van der Waals surface area contributed by atoms with E-state index in [4.69, 9.17) is 19.2 Å². The highest BCUT2D eigenvalue weighted by atomic mass is 19.1. The normalized spacial score (nSPS) is 19.2. The minimum Gasteiger partial charge on any atom is -0.463 e. The van der Waals surface area contributed by atoms with Gasteiger partial charge in [-0.25, -0.2) is 14.4 Å². The van der Waals surface area contributed by atoms with Crippen molar-refractivity contribution < 1.29 is 23.4 Å². The number of aromatic nitrogens is 5. The van der Waals surface area contributed by atoms with Crippen molar-refractivity contribution in [2.24, 2.45) is 5.41 Å². The highest BCUT2D eigenvalue weighted by molar-refractivity contribution is 5.95. The quantitative estimate of drug-likeness (QED) is 0.348. The first kappa shape index (κ1) is 25.4. The van der Waals surface area contributed by atoms with Gasteiger partial charge in [0.2, 0.25) is 12.2 Å². The third kappa shape index (κ3) is 5.53. The summed E-state index contributed by atoms with van der Waals surface area (Å²) in [5, 5.41) is 2.87. The zero-order valence-electron chi connectivity index (χ0n) is 21.0. The lowest BCUT2D eigenvalue weighted by atomic mass is 9.91. The lowest BCUT2D eigenvalue weighted by molar-refractivity contribution is -0.229. The summed E-state index contributed by atoms with van der Waals surface area (Å²) in [6.45, 7) is 4.48. The van der Waals surface area contributed by atoms with Crippen LogP contribution in [0.2, 0.25) is 0 Å². The molecule has 3 aromatic heterocycles. The van der Waals surface area contributed by atoms with E-state index >= 15 is 0 Å². The number of ether oxygens (including phenoxy) is 3. The van der Waals surface area contributed by atoms with Crippen LogP contribution in [0.5, 0.6) is 6.01 Å². The van der Waals surface area contributed by atoms with E-state index in [0.717, 1.165) is 6.42 Å². The van der Waals surface area contributed by atoms with Crippen molar-refractivity contribution in [1.82, 2.24) is 24.9 Å². The molecule has 0 unspecified atom stereocenters. The van der Waals surface area contributed by atoms with Gasteiger partial charge in [0.1, 0.15) is 5.82 Å². The second-order valence-corrected chi connectivity index (χ2v) is 9.13. The van der Waals surface area contributed by atoms with Crippen LogP contribution in [0, 0.1) is 11.2 Å². The largest absolute Gasteiger partial charge is 0.463 e. The third-order valence-electron chi connectivity index (χ3n) is 5.98. The number of hydrogen-bond donors (Lipinski definition) is 2. The number of rotatable bonds is 8. The van der Waals surface area contributed by atoms with Gasteiger partial charge < -0.3 is 24.5 Å². The highest BCUT2D eigenvalue weighted by Crippen LogP contribution is 2.36. The molecule has 1 fully saturated rings. The third-order valence-corrected chi connectivity index (χ3v) is 5.98. The van der Waals surface area contributed by atoms with Gasteiger partial charge in [0, 0.05) is 29.8 Å². The van der Waals surface area contributed by atoms with Gasteiger partial charge >= 0.3 is 6.01 Å². The zero-order chi connectivity index (χ0) is 26.5. The molecule has 2 N–H and O–H groups in total. The van der Waals surface area contributed by atoms with E-state index in [-0.39, 0.29) is 30.9 Å². The van der Waals surface area contributed by atoms with E-state index in [9.17, 15) is 9.18 Å². The number of nitrogens with one attached hydrogen (secondary N) is 2. The van der Waals surface area contributed by atoms with Gasteiger partial charge in [0.05, 0.1) is 42.3 Å². The molecule has 5 rings (SSSR count). The molecule has 0 saturated carbocycles.